The molecule has 1 rings (SSSR count). The van der Waals surface area contributed by atoms with Gasteiger partial charge in [0, 0.05) is 12.5 Å². The van der Waals surface area contributed by atoms with Gasteiger partial charge in [-0.05, 0) is 26.0 Å². The number of hydrogen-bond donors (Lipinski definition) is 1. The molecule has 0 unspecified atom stereocenters. The first-order chi connectivity index (χ1) is 7.03. The molecule has 0 fully saturated rings. The van der Waals surface area contributed by atoms with Gasteiger partial charge in [-0.3, -0.25) is 4.84 Å². The summed E-state index contributed by atoms with van der Waals surface area (Å²) >= 11 is 0. The Hall–Kier alpha value is -1.13. The molecule has 0 aromatic heterocycles. The largest absolute Gasteiger partial charge is 0.493 e. The van der Waals surface area contributed by atoms with Crippen molar-refractivity contribution >= 4 is 0 Å². The lowest BCUT2D eigenvalue weighted by molar-refractivity contribution is -0.0326. The molecule has 0 aliphatic rings. The highest BCUT2D eigenvalue weighted by Crippen LogP contribution is 2.15. The fourth-order valence-corrected chi connectivity index (χ4v) is 1.03. The maximum absolute atomic E-state index is 12.8. The molecule has 0 spiro atoms. The summed E-state index contributed by atoms with van der Waals surface area (Å²) in [5.74, 6) is 5.31. The summed E-state index contributed by atoms with van der Waals surface area (Å²) in [6.07, 6.45) is 0.639. The number of benzene rings is 1. The lowest BCUT2D eigenvalue weighted by Gasteiger charge is -2.21. The molecule has 0 amide bonds. The van der Waals surface area contributed by atoms with Gasteiger partial charge in [0.25, 0.3) is 0 Å². The normalized spacial score (nSPS) is 11.5. The second kappa shape index (κ2) is 5.09. The Labute approximate surface area is 88.9 Å². The lowest BCUT2D eigenvalue weighted by atomic mass is 10.1. The van der Waals surface area contributed by atoms with Gasteiger partial charge in [-0.2, -0.15) is 0 Å². The van der Waals surface area contributed by atoms with Crippen LogP contribution in [0.15, 0.2) is 24.3 Å². The van der Waals surface area contributed by atoms with Crippen LogP contribution in [0.25, 0.3) is 0 Å². The van der Waals surface area contributed by atoms with Crippen LogP contribution in [0.4, 0.5) is 4.39 Å². The van der Waals surface area contributed by atoms with Crippen LogP contribution in [0.3, 0.4) is 0 Å². The summed E-state index contributed by atoms with van der Waals surface area (Å²) < 4.78 is 18.1. The lowest BCUT2D eigenvalue weighted by Crippen LogP contribution is -2.30. The van der Waals surface area contributed by atoms with E-state index in [1.54, 1.807) is 12.1 Å². The molecule has 0 bridgehead atoms. The van der Waals surface area contributed by atoms with E-state index in [0.29, 0.717) is 18.8 Å². The SMILES string of the molecule is CC(C)(CCOc1cccc(F)c1)ON. The average molecular weight is 213 g/mol. The van der Waals surface area contributed by atoms with Crippen LogP contribution in [0, 0.1) is 5.82 Å². The van der Waals surface area contributed by atoms with Crippen molar-refractivity contribution in [2.45, 2.75) is 25.9 Å². The zero-order valence-corrected chi connectivity index (χ0v) is 9.00. The van der Waals surface area contributed by atoms with Crippen molar-refractivity contribution in [3.05, 3.63) is 30.1 Å². The molecular weight excluding hydrogens is 197 g/mol. The van der Waals surface area contributed by atoms with Gasteiger partial charge in [-0.25, -0.2) is 10.3 Å². The summed E-state index contributed by atoms with van der Waals surface area (Å²) in [4.78, 5) is 4.75. The van der Waals surface area contributed by atoms with Gasteiger partial charge in [0.05, 0.1) is 12.2 Å². The van der Waals surface area contributed by atoms with Crippen LogP contribution >= 0.6 is 0 Å². The maximum atomic E-state index is 12.8. The minimum atomic E-state index is -0.423. The van der Waals surface area contributed by atoms with E-state index in [0.717, 1.165) is 0 Å². The minimum Gasteiger partial charge on any atom is -0.493 e. The number of halogens is 1. The first-order valence-electron chi connectivity index (χ1n) is 4.80. The Balaban J connectivity index is 2.38. The van der Waals surface area contributed by atoms with Gasteiger partial charge in [0.15, 0.2) is 0 Å². The van der Waals surface area contributed by atoms with Crippen LogP contribution in [0.1, 0.15) is 20.3 Å². The third-order valence-electron chi connectivity index (χ3n) is 2.09. The van der Waals surface area contributed by atoms with Crippen molar-refractivity contribution in [1.29, 1.82) is 0 Å². The predicted octanol–water partition coefficient (Wildman–Crippen LogP) is 2.26. The molecule has 3 nitrogen and oxygen atoms in total. The topological polar surface area (TPSA) is 44.5 Å². The van der Waals surface area contributed by atoms with E-state index >= 15 is 0 Å². The monoisotopic (exact) mass is 213 g/mol. The zero-order chi connectivity index (χ0) is 11.3. The van der Waals surface area contributed by atoms with Crippen molar-refractivity contribution in [3.8, 4) is 5.75 Å². The van der Waals surface area contributed by atoms with Gasteiger partial charge < -0.3 is 4.74 Å². The van der Waals surface area contributed by atoms with Crippen molar-refractivity contribution in [3.63, 3.8) is 0 Å². The first kappa shape index (κ1) is 11.9. The number of nitrogens with two attached hydrogens (primary N) is 1. The highest BCUT2D eigenvalue weighted by molar-refractivity contribution is 5.22. The summed E-state index contributed by atoms with van der Waals surface area (Å²) in [6, 6.07) is 6.03. The van der Waals surface area contributed by atoms with Crippen LogP contribution in [0.2, 0.25) is 0 Å². The maximum Gasteiger partial charge on any atom is 0.126 e. The van der Waals surface area contributed by atoms with E-state index < -0.39 is 5.60 Å². The van der Waals surface area contributed by atoms with Gasteiger partial charge in [0.1, 0.15) is 11.6 Å². The van der Waals surface area contributed by atoms with Crippen LogP contribution in [0.5, 0.6) is 5.75 Å². The van der Waals surface area contributed by atoms with Gasteiger partial charge >= 0.3 is 0 Å². The molecule has 0 saturated heterocycles. The van der Waals surface area contributed by atoms with E-state index in [9.17, 15) is 4.39 Å². The van der Waals surface area contributed by atoms with Gasteiger partial charge in [-0.1, -0.05) is 6.07 Å². The van der Waals surface area contributed by atoms with E-state index in [2.05, 4.69) is 0 Å². The van der Waals surface area contributed by atoms with E-state index in [-0.39, 0.29) is 5.82 Å². The molecule has 0 aliphatic carbocycles. The summed E-state index contributed by atoms with van der Waals surface area (Å²) in [6.45, 7) is 4.16. The summed E-state index contributed by atoms with van der Waals surface area (Å²) in [5.41, 5.74) is -0.423. The number of ether oxygens (including phenoxy) is 1. The van der Waals surface area contributed by atoms with Crippen LogP contribution in [-0.2, 0) is 4.84 Å². The van der Waals surface area contributed by atoms with Gasteiger partial charge in [-0.15, -0.1) is 0 Å². The van der Waals surface area contributed by atoms with E-state index in [1.165, 1.54) is 12.1 Å². The molecule has 0 aliphatic heterocycles. The summed E-state index contributed by atoms with van der Waals surface area (Å²) in [7, 11) is 0. The third kappa shape index (κ3) is 4.27. The minimum absolute atomic E-state index is 0.304. The first-order valence-corrected chi connectivity index (χ1v) is 4.80. The molecule has 4 heteroatoms. The van der Waals surface area contributed by atoms with Crippen molar-refractivity contribution < 1.29 is 14.0 Å². The van der Waals surface area contributed by atoms with Crippen LogP contribution < -0.4 is 10.6 Å². The molecule has 0 heterocycles. The standard InChI is InChI=1S/C11H16FNO2/c1-11(2,15-13)6-7-14-10-5-3-4-9(12)8-10/h3-5,8H,6-7,13H2,1-2H3. The van der Waals surface area contributed by atoms with Crippen molar-refractivity contribution in [2.24, 2.45) is 5.90 Å². The molecule has 0 atom stereocenters. The Morgan fingerprint density at radius 3 is 2.73 bits per heavy atom. The van der Waals surface area contributed by atoms with E-state index in [4.69, 9.17) is 15.5 Å². The fraction of sp³-hybridized carbons (Fsp3) is 0.455. The Morgan fingerprint density at radius 1 is 1.40 bits per heavy atom. The van der Waals surface area contributed by atoms with Gasteiger partial charge in [0.2, 0.25) is 0 Å². The Bertz CT molecular complexity index is 315. The Kier molecular flexibility index (Phi) is 4.05. The highest BCUT2D eigenvalue weighted by Gasteiger charge is 2.17. The highest BCUT2D eigenvalue weighted by atomic mass is 19.1. The molecule has 0 saturated carbocycles. The molecule has 1 aromatic carbocycles. The molecule has 0 radical (unpaired) electrons. The molecular formula is C11H16FNO2. The second-order valence-corrected chi connectivity index (χ2v) is 3.93. The van der Waals surface area contributed by atoms with E-state index in [1.807, 2.05) is 13.8 Å². The molecule has 1 aromatic rings. The number of rotatable bonds is 5. The number of hydrogen-bond acceptors (Lipinski definition) is 3. The second-order valence-electron chi connectivity index (χ2n) is 3.93. The van der Waals surface area contributed by atoms with Crippen molar-refractivity contribution in [2.75, 3.05) is 6.61 Å². The summed E-state index contributed by atoms with van der Waals surface area (Å²) in [5, 5.41) is 0. The van der Waals surface area contributed by atoms with Crippen LogP contribution in [-0.4, -0.2) is 12.2 Å². The molecule has 2 N–H and O–H groups in total. The predicted molar refractivity (Wildman–Crippen MR) is 55.9 cm³/mol. The molecule has 84 valence electrons. The quantitative estimate of drug-likeness (QED) is 0.763. The third-order valence-corrected chi connectivity index (χ3v) is 2.09. The fourth-order valence-electron chi connectivity index (χ4n) is 1.03. The molecule has 15 heavy (non-hydrogen) atoms. The average Bonchev–Trinajstić information content (AvgIpc) is 2.18. The smallest absolute Gasteiger partial charge is 0.126 e. The van der Waals surface area contributed by atoms with Crippen molar-refractivity contribution in [1.82, 2.24) is 0 Å². The Morgan fingerprint density at radius 2 is 2.13 bits per heavy atom. The zero-order valence-electron chi connectivity index (χ0n) is 9.00.